The summed E-state index contributed by atoms with van der Waals surface area (Å²) in [6.07, 6.45) is 4.64. The number of tetrazole rings is 1. The summed E-state index contributed by atoms with van der Waals surface area (Å²) in [5.41, 5.74) is 7.22. The number of para-hydroxylation sites is 1. The highest BCUT2D eigenvalue weighted by molar-refractivity contribution is 5.76. The minimum atomic E-state index is -0.0752. The van der Waals surface area contributed by atoms with Crippen LogP contribution in [-0.2, 0) is 11.3 Å². The molecule has 0 spiro atoms. The number of hydrogen-bond acceptors (Lipinski definition) is 5. The molecule has 3 N–H and O–H groups in total. The maximum Gasteiger partial charge on any atom is 0.243 e. The standard InChI is InChI=1S/C16H22N6O/c1-11-6-2-5-9-14(11)18-15(23)10-22-20-16(19-21-22)12-7-3-4-8-13(12)17/h3-4,7-8,11,14H,2,5-6,9-10,17H2,1H3,(H,18,23). The molecule has 3 rings (SSSR count). The van der Waals surface area contributed by atoms with Crippen molar-refractivity contribution in [3.63, 3.8) is 0 Å². The first kappa shape index (κ1) is 15.5. The van der Waals surface area contributed by atoms with E-state index in [1.54, 1.807) is 6.07 Å². The van der Waals surface area contributed by atoms with E-state index < -0.39 is 0 Å². The molecule has 7 heteroatoms. The Bertz CT molecular complexity index is 683. The molecule has 1 heterocycles. The van der Waals surface area contributed by atoms with Gasteiger partial charge in [0.15, 0.2) is 0 Å². The Morgan fingerprint density at radius 2 is 2.13 bits per heavy atom. The fourth-order valence-corrected chi connectivity index (χ4v) is 3.03. The summed E-state index contributed by atoms with van der Waals surface area (Å²) in [4.78, 5) is 13.5. The number of nitrogens with one attached hydrogen (secondary N) is 1. The van der Waals surface area contributed by atoms with Crippen LogP contribution < -0.4 is 11.1 Å². The van der Waals surface area contributed by atoms with Gasteiger partial charge in [-0.25, -0.2) is 0 Å². The van der Waals surface area contributed by atoms with E-state index in [4.69, 9.17) is 5.73 Å². The zero-order valence-corrected chi connectivity index (χ0v) is 13.3. The lowest BCUT2D eigenvalue weighted by molar-refractivity contribution is -0.123. The third-order valence-electron chi connectivity index (χ3n) is 4.40. The van der Waals surface area contributed by atoms with E-state index in [0.29, 0.717) is 17.4 Å². The molecule has 2 aromatic rings. The number of carbonyl (C=O) groups is 1. The maximum atomic E-state index is 12.2. The van der Waals surface area contributed by atoms with Gasteiger partial charge < -0.3 is 11.1 Å². The van der Waals surface area contributed by atoms with E-state index >= 15 is 0 Å². The van der Waals surface area contributed by atoms with Gasteiger partial charge in [0.25, 0.3) is 0 Å². The normalized spacial score (nSPS) is 21.1. The Kier molecular flexibility index (Phi) is 4.55. The largest absolute Gasteiger partial charge is 0.398 e. The number of benzene rings is 1. The van der Waals surface area contributed by atoms with E-state index in [9.17, 15) is 4.79 Å². The van der Waals surface area contributed by atoms with Crippen molar-refractivity contribution in [1.82, 2.24) is 25.5 Å². The van der Waals surface area contributed by atoms with Gasteiger partial charge in [-0.2, -0.15) is 4.80 Å². The third kappa shape index (κ3) is 3.67. The lowest BCUT2D eigenvalue weighted by Crippen LogP contribution is -2.42. The highest BCUT2D eigenvalue weighted by Crippen LogP contribution is 2.23. The van der Waals surface area contributed by atoms with Crippen LogP contribution in [0.25, 0.3) is 11.4 Å². The van der Waals surface area contributed by atoms with Crippen LogP contribution in [0, 0.1) is 5.92 Å². The number of nitrogens with two attached hydrogens (primary N) is 1. The van der Waals surface area contributed by atoms with Crippen molar-refractivity contribution in [1.29, 1.82) is 0 Å². The number of rotatable bonds is 4. The predicted molar refractivity (Wildman–Crippen MR) is 87.2 cm³/mol. The Hall–Kier alpha value is -2.44. The first-order chi connectivity index (χ1) is 11.1. The van der Waals surface area contributed by atoms with Gasteiger partial charge in [-0.05, 0) is 36.1 Å². The fraction of sp³-hybridized carbons (Fsp3) is 0.500. The van der Waals surface area contributed by atoms with Crippen LogP contribution in [0.2, 0.25) is 0 Å². The second-order valence-corrected chi connectivity index (χ2v) is 6.17. The molecule has 1 saturated carbocycles. The molecule has 1 aliphatic carbocycles. The Labute approximate surface area is 135 Å². The van der Waals surface area contributed by atoms with Gasteiger partial charge in [0.1, 0.15) is 6.54 Å². The molecule has 0 saturated heterocycles. The lowest BCUT2D eigenvalue weighted by Gasteiger charge is -2.29. The van der Waals surface area contributed by atoms with Crippen molar-refractivity contribution in [3.05, 3.63) is 24.3 Å². The summed E-state index contributed by atoms with van der Waals surface area (Å²) >= 11 is 0. The quantitative estimate of drug-likeness (QED) is 0.835. The molecule has 2 unspecified atom stereocenters. The average Bonchev–Trinajstić information content (AvgIpc) is 2.98. The van der Waals surface area contributed by atoms with E-state index in [2.05, 4.69) is 27.7 Å². The number of anilines is 1. The smallest absolute Gasteiger partial charge is 0.243 e. The first-order valence-electron chi connectivity index (χ1n) is 8.05. The summed E-state index contributed by atoms with van der Waals surface area (Å²) in [5, 5.41) is 15.3. The summed E-state index contributed by atoms with van der Waals surface area (Å²) in [7, 11) is 0. The van der Waals surface area contributed by atoms with Gasteiger partial charge in [-0.15, -0.1) is 10.2 Å². The fourth-order valence-electron chi connectivity index (χ4n) is 3.03. The number of aromatic nitrogens is 4. The van der Waals surface area contributed by atoms with Gasteiger partial charge in [0, 0.05) is 17.3 Å². The summed E-state index contributed by atoms with van der Waals surface area (Å²) in [6.45, 7) is 2.26. The van der Waals surface area contributed by atoms with Gasteiger partial charge in [-0.3, -0.25) is 4.79 Å². The predicted octanol–water partition coefficient (Wildman–Crippen LogP) is 1.62. The number of amides is 1. The van der Waals surface area contributed by atoms with Crippen molar-refractivity contribution < 1.29 is 4.79 Å². The molecule has 1 aromatic carbocycles. The van der Waals surface area contributed by atoms with Crippen molar-refractivity contribution >= 4 is 11.6 Å². The number of hydrogen-bond donors (Lipinski definition) is 2. The molecule has 7 nitrogen and oxygen atoms in total. The molecule has 23 heavy (non-hydrogen) atoms. The second-order valence-electron chi connectivity index (χ2n) is 6.17. The van der Waals surface area contributed by atoms with Crippen LogP contribution in [0.15, 0.2) is 24.3 Å². The highest BCUT2D eigenvalue weighted by Gasteiger charge is 2.23. The molecule has 1 fully saturated rings. The number of nitrogens with zero attached hydrogens (tertiary/aromatic N) is 4. The van der Waals surface area contributed by atoms with Gasteiger partial charge in [0.05, 0.1) is 0 Å². The van der Waals surface area contributed by atoms with Gasteiger partial charge >= 0.3 is 0 Å². The maximum absolute atomic E-state index is 12.2. The van der Waals surface area contributed by atoms with Gasteiger partial charge in [-0.1, -0.05) is 31.9 Å². The molecule has 122 valence electrons. The monoisotopic (exact) mass is 314 g/mol. The van der Waals surface area contributed by atoms with Crippen molar-refractivity contribution in [2.75, 3.05) is 5.73 Å². The summed E-state index contributed by atoms with van der Waals surface area (Å²) in [6, 6.07) is 7.59. The molecule has 1 amide bonds. The lowest BCUT2D eigenvalue weighted by atomic mass is 9.86. The van der Waals surface area contributed by atoms with E-state index in [1.807, 2.05) is 18.2 Å². The SMILES string of the molecule is CC1CCCCC1NC(=O)Cn1nnc(-c2ccccc2N)n1. The average molecular weight is 314 g/mol. The van der Waals surface area contributed by atoms with E-state index in [-0.39, 0.29) is 18.5 Å². The molecule has 0 bridgehead atoms. The molecule has 0 radical (unpaired) electrons. The molecule has 0 aliphatic heterocycles. The van der Waals surface area contributed by atoms with Crippen molar-refractivity contribution in [3.8, 4) is 11.4 Å². The second kappa shape index (κ2) is 6.76. The number of nitrogen functional groups attached to an aromatic ring is 1. The third-order valence-corrected chi connectivity index (χ3v) is 4.40. The zero-order chi connectivity index (χ0) is 16.2. The minimum Gasteiger partial charge on any atom is -0.398 e. The van der Waals surface area contributed by atoms with Crippen molar-refractivity contribution in [2.24, 2.45) is 5.92 Å². The Balaban J connectivity index is 1.62. The van der Waals surface area contributed by atoms with Crippen LogP contribution in [0.1, 0.15) is 32.6 Å². The van der Waals surface area contributed by atoms with Crippen LogP contribution in [0.5, 0.6) is 0 Å². The summed E-state index contributed by atoms with van der Waals surface area (Å²) in [5.74, 6) is 0.881. The molecular formula is C16H22N6O. The first-order valence-corrected chi connectivity index (χ1v) is 8.05. The zero-order valence-electron chi connectivity index (χ0n) is 13.3. The van der Waals surface area contributed by atoms with Crippen LogP contribution in [-0.4, -0.2) is 32.2 Å². The minimum absolute atomic E-state index is 0.0724. The molecular weight excluding hydrogens is 292 g/mol. The topological polar surface area (TPSA) is 98.7 Å². The van der Waals surface area contributed by atoms with Crippen LogP contribution in [0.3, 0.4) is 0 Å². The molecule has 1 aliphatic rings. The molecule has 2 atom stereocenters. The summed E-state index contributed by atoms with van der Waals surface area (Å²) < 4.78 is 0. The van der Waals surface area contributed by atoms with E-state index in [0.717, 1.165) is 12.0 Å². The highest BCUT2D eigenvalue weighted by atomic mass is 16.2. The van der Waals surface area contributed by atoms with Gasteiger partial charge in [0.2, 0.25) is 11.7 Å². The van der Waals surface area contributed by atoms with Crippen molar-refractivity contribution in [2.45, 2.75) is 45.2 Å². The van der Waals surface area contributed by atoms with E-state index in [1.165, 1.54) is 24.1 Å². The van der Waals surface area contributed by atoms with Crippen LogP contribution >= 0.6 is 0 Å². The van der Waals surface area contributed by atoms with Crippen LogP contribution in [0.4, 0.5) is 5.69 Å². The number of carbonyl (C=O) groups excluding carboxylic acids is 1. The Morgan fingerprint density at radius 1 is 1.35 bits per heavy atom. The molecule has 1 aromatic heterocycles. The Morgan fingerprint density at radius 3 is 2.91 bits per heavy atom.